The van der Waals surface area contributed by atoms with Gasteiger partial charge in [-0.05, 0) is 46.5 Å². The molecule has 1 aliphatic rings. The third-order valence-electron chi connectivity index (χ3n) is 4.14. The second-order valence-electron chi connectivity index (χ2n) is 7.12. The molecule has 0 spiro atoms. The Morgan fingerprint density at radius 3 is 2.35 bits per heavy atom. The van der Waals surface area contributed by atoms with Gasteiger partial charge >= 0.3 is 0 Å². The first-order chi connectivity index (χ1) is 10.6. The van der Waals surface area contributed by atoms with Gasteiger partial charge in [0.05, 0.1) is 23.6 Å². The van der Waals surface area contributed by atoms with Crippen LogP contribution in [0.1, 0.15) is 51.9 Å². The van der Waals surface area contributed by atoms with Gasteiger partial charge in [0.15, 0.2) is 0 Å². The standard InChI is InChI=1S/C16H29N3O3S/c1-10(2)9-19-14(6)16(13(5)17-19)23(20,21)18-15-7-11(3)22-12(4)8-15/h10-12,15,18H,7-9H2,1-6H3/t11-,12-/m0/s1. The highest BCUT2D eigenvalue weighted by Gasteiger charge is 2.31. The molecule has 132 valence electrons. The lowest BCUT2D eigenvalue weighted by Gasteiger charge is -2.32. The van der Waals surface area contributed by atoms with Crippen molar-refractivity contribution in [3.63, 3.8) is 0 Å². The number of aryl methyl sites for hydroxylation is 1. The first-order valence-electron chi connectivity index (χ1n) is 8.32. The molecule has 2 rings (SSSR count). The summed E-state index contributed by atoms with van der Waals surface area (Å²) in [4.78, 5) is 0.324. The van der Waals surface area contributed by atoms with Crippen LogP contribution in [0.2, 0.25) is 0 Å². The van der Waals surface area contributed by atoms with Gasteiger partial charge in [-0.15, -0.1) is 0 Å². The van der Waals surface area contributed by atoms with Gasteiger partial charge in [-0.1, -0.05) is 13.8 Å². The normalized spacial score (nSPS) is 26.0. The Bertz CT molecular complexity index is 642. The number of hydrogen-bond donors (Lipinski definition) is 1. The average molecular weight is 343 g/mol. The van der Waals surface area contributed by atoms with E-state index in [9.17, 15) is 8.42 Å². The Morgan fingerprint density at radius 2 is 1.83 bits per heavy atom. The Kier molecular flexibility index (Phi) is 5.53. The molecule has 0 unspecified atom stereocenters. The van der Waals surface area contributed by atoms with Gasteiger partial charge in [-0.2, -0.15) is 5.10 Å². The van der Waals surface area contributed by atoms with E-state index in [0.717, 1.165) is 0 Å². The van der Waals surface area contributed by atoms with Crippen molar-refractivity contribution in [2.75, 3.05) is 0 Å². The topological polar surface area (TPSA) is 73.2 Å². The highest BCUT2D eigenvalue weighted by Crippen LogP contribution is 2.24. The number of rotatable bonds is 5. The number of aromatic nitrogens is 2. The monoisotopic (exact) mass is 343 g/mol. The van der Waals surface area contributed by atoms with E-state index in [0.29, 0.717) is 41.6 Å². The lowest BCUT2D eigenvalue weighted by Crippen LogP contribution is -2.44. The van der Waals surface area contributed by atoms with Crippen molar-refractivity contribution in [1.82, 2.24) is 14.5 Å². The minimum absolute atomic E-state index is 0.0670. The molecule has 1 aromatic heterocycles. The molecule has 1 aromatic rings. The summed E-state index contributed by atoms with van der Waals surface area (Å²) in [6.07, 6.45) is 1.53. The van der Waals surface area contributed by atoms with Gasteiger partial charge < -0.3 is 4.74 Å². The van der Waals surface area contributed by atoms with Crippen LogP contribution in [0.15, 0.2) is 4.90 Å². The van der Waals surface area contributed by atoms with E-state index in [1.54, 1.807) is 11.6 Å². The Balaban J connectivity index is 2.24. The smallest absolute Gasteiger partial charge is 0.244 e. The van der Waals surface area contributed by atoms with Gasteiger partial charge in [0, 0.05) is 12.6 Å². The first kappa shape index (κ1) is 18.4. The van der Waals surface area contributed by atoms with Crippen LogP contribution in [0.5, 0.6) is 0 Å². The number of nitrogens with one attached hydrogen (secondary N) is 1. The van der Waals surface area contributed by atoms with Crippen LogP contribution < -0.4 is 4.72 Å². The van der Waals surface area contributed by atoms with Crippen molar-refractivity contribution in [3.8, 4) is 0 Å². The minimum Gasteiger partial charge on any atom is -0.375 e. The van der Waals surface area contributed by atoms with Gasteiger partial charge in [0.25, 0.3) is 0 Å². The number of nitrogens with zero attached hydrogens (tertiary/aromatic N) is 2. The van der Waals surface area contributed by atoms with Crippen LogP contribution in [0.4, 0.5) is 0 Å². The number of hydrogen-bond acceptors (Lipinski definition) is 4. The third kappa shape index (κ3) is 4.33. The summed E-state index contributed by atoms with van der Waals surface area (Å²) in [6, 6.07) is -0.0917. The zero-order chi connectivity index (χ0) is 17.4. The van der Waals surface area contributed by atoms with Crippen molar-refractivity contribution in [2.24, 2.45) is 5.92 Å². The SMILES string of the molecule is Cc1nn(CC(C)C)c(C)c1S(=O)(=O)NC1C[C@H](C)O[C@@H](C)C1. The molecule has 0 amide bonds. The van der Waals surface area contributed by atoms with Gasteiger partial charge in [-0.25, -0.2) is 13.1 Å². The first-order valence-corrected chi connectivity index (χ1v) is 9.80. The molecular formula is C16H29N3O3S. The summed E-state index contributed by atoms with van der Waals surface area (Å²) in [5.74, 6) is 0.411. The van der Waals surface area contributed by atoms with Crippen molar-refractivity contribution in [1.29, 1.82) is 0 Å². The van der Waals surface area contributed by atoms with E-state index in [-0.39, 0.29) is 18.2 Å². The average Bonchev–Trinajstić information content (AvgIpc) is 2.61. The van der Waals surface area contributed by atoms with E-state index in [1.807, 2.05) is 20.8 Å². The van der Waals surface area contributed by atoms with Crippen molar-refractivity contribution >= 4 is 10.0 Å². The van der Waals surface area contributed by atoms with E-state index >= 15 is 0 Å². The fraction of sp³-hybridized carbons (Fsp3) is 0.812. The molecule has 1 fully saturated rings. The summed E-state index contributed by atoms with van der Waals surface area (Å²) >= 11 is 0. The molecule has 0 bridgehead atoms. The van der Waals surface area contributed by atoms with Crippen molar-refractivity contribution < 1.29 is 13.2 Å². The summed E-state index contributed by atoms with van der Waals surface area (Å²) in [6.45, 7) is 12.4. The van der Waals surface area contributed by atoms with E-state index in [4.69, 9.17) is 4.74 Å². The van der Waals surface area contributed by atoms with Gasteiger partial charge in [-0.3, -0.25) is 4.68 Å². The molecule has 1 N–H and O–H groups in total. The molecule has 0 radical (unpaired) electrons. The molecule has 0 aliphatic carbocycles. The molecule has 23 heavy (non-hydrogen) atoms. The molecule has 2 atom stereocenters. The van der Waals surface area contributed by atoms with Gasteiger partial charge in [0.1, 0.15) is 4.90 Å². The lowest BCUT2D eigenvalue weighted by molar-refractivity contribution is -0.0388. The second kappa shape index (κ2) is 6.91. The van der Waals surface area contributed by atoms with Gasteiger partial charge in [0.2, 0.25) is 10.0 Å². The molecule has 6 nitrogen and oxygen atoms in total. The largest absolute Gasteiger partial charge is 0.375 e. The zero-order valence-corrected chi connectivity index (χ0v) is 15.8. The molecule has 0 saturated carbocycles. The fourth-order valence-corrected chi connectivity index (χ4v) is 5.05. The molecule has 7 heteroatoms. The van der Waals surface area contributed by atoms with E-state index in [1.165, 1.54) is 0 Å². The third-order valence-corrected chi connectivity index (χ3v) is 5.91. The second-order valence-corrected chi connectivity index (χ2v) is 8.77. The fourth-order valence-electron chi connectivity index (χ4n) is 3.37. The van der Waals surface area contributed by atoms with Crippen LogP contribution in [-0.4, -0.2) is 36.4 Å². The Labute approximate surface area is 139 Å². The van der Waals surface area contributed by atoms with Crippen LogP contribution in [0, 0.1) is 19.8 Å². The number of sulfonamides is 1. The predicted molar refractivity (Wildman–Crippen MR) is 89.9 cm³/mol. The van der Waals surface area contributed by atoms with Crippen LogP contribution in [0.3, 0.4) is 0 Å². The van der Waals surface area contributed by atoms with E-state index in [2.05, 4.69) is 23.7 Å². The maximum atomic E-state index is 12.8. The zero-order valence-electron chi connectivity index (χ0n) is 15.0. The van der Waals surface area contributed by atoms with Crippen LogP contribution >= 0.6 is 0 Å². The molecule has 1 aliphatic heterocycles. The summed E-state index contributed by atoms with van der Waals surface area (Å²) in [5, 5.41) is 4.41. The highest BCUT2D eigenvalue weighted by molar-refractivity contribution is 7.89. The maximum absolute atomic E-state index is 12.8. The Hall–Kier alpha value is -0.920. The van der Waals surface area contributed by atoms with Crippen LogP contribution in [0.25, 0.3) is 0 Å². The summed E-state index contributed by atoms with van der Waals surface area (Å²) in [5.41, 5.74) is 1.26. The molecule has 2 heterocycles. The van der Waals surface area contributed by atoms with Crippen LogP contribution in [-0.2, 0) is 21.3 Å². The Morgan fingerprint density at radius 1 is 1.26 bits per heavy atom. The summed E-state index contributed by atoms with van der Waals surface area (Å²) < 4.78 is 36.0. The number of ether oxygens (including phenoxy) is 1. The molecular weight excluding hydrogens is 314 g/mol. The molecule has 1 saturated heterocycles. The highest BCUT2D eigenvalue weighted by atomic mass is 32.2. The maximum Gasteiger partial charge on any atom is 0.244 e. The lowest BCUT2D eigenvalue weighted by atomic mass is 10.0. The van der Waals surface area contributed by atoms with Crippen molar-refractivity contribution in [2.45, 2.75) is 84.1 Å². The van der Waals surface area contributed by atoms with Crippen molar-refractivity contribution in [3.05, 3.63) is 11.4 Å². The van der Waals surface area contributed by atoms with E-state index < -0.39 is 10.0 Å². The predicted octanol–water partition coefficient (Wildman–Crippen LogP) is 2.39. The molecule has 0 aromatic carbocycles. The minimum atomic E-state index is -3.57. The summed E-state index contributed by atoms with van der Waals surface area (Å²) in [7, 11) is -3.57. The quantitative estimate of drug-likeness (QED) is 0.891.